The van der Waals surface area contributed by atoms with Gasteiger partial charge in [0.2, 0.25) is 0 Å². The summed E-state index contributed by atoms with van der Waals surface area (Å²) in [7, 11) is 0. The second-order valence-electron chi connectivity index (χ2n) is 2.72. The molecule has 0 aromatic heterocycles. The van der Waals surface area contributed by atoms with Crippen molar-refractivity contribution >= 4 is 21.9 Å². The van der Waals surface area contributed by atoms with E-state index in [0.29, 0.717) is 10.0 Å². The fourth-order valence-corrected chi connectivity index (χ4v) is 1.57. The quantitative estimate of drug-likeness (QED) is 0.803. The van der Waals surface area contributed by atoms with Crippen LogP contribution in [-0.2, 0) is 0 Å². The number of hydrogen-bond donors (Lipinski definition) is 1. The zero-order chi connectivity index (χ0) is 9.30. The number of rotatable bonds is 1. The molecule has 1 aromatic carbocycles. The van der Waals surface area contributed by atoms with Crippen LogP contribution in [0.4, 0.5) is 0 Å². The normalized spacial score (nSPS) is 9.92. The van der Waals surface area contributed by atoms with Gasteiger partial charge in [0, 0.05) is 4.47 Å². The number of halogens is 1. The molecule has 3 heteroatoms. The summed E-state index contributed by atoms with van der Waals surface area (Å²) in [6.45, 7) is 3.85. The highest BCUT2D eigenvalue weighted by Crippen LogP contribution is 2.21. The molecular formula is C9H9BrO2. The topological polar surface area (TPSA) is 37.3 Å². The van der Waals surface area contributed by atoms with Crippen molar-refractivity contribution in [3.05, 3.63) is 33.3 Å². The molecular weight excluding hydrogens is 220 g/mol. The Bertz CT molecular complexity index is 332. The highest BCUT2D eigenvalue weighted by molar-refractivity contribution is 9.10. The fourth-order valence-electron chi connectivity index (χ4n) is 0.945. The Labute approximate surface area is 79.3 Å². The predicted octanol–water partition coefficient (Wildman–Crippen LogP) is 2.76. The summed E-state index contributed by atoms with van der Waals surface area (Å²) in [5.41, 5.74) is 2.40. The molecule has 0 bridgehead atoms. The van der Waals surface area contributed by atoms with E-state index < -0.39 is 5.97 Å². The molecule has 0 saturated carbocycles. The molecule has 64 valence electrons. The van der Waals surface area contributed by atoms with E-state index >= 15 is 0 Å². The Hall–Kier alpha value is -0.830. The second-order valence-corrected chi connectivity index (χ2v) is 3.58. The summed E-state index contributed by atoms with van der Waals surface area (Å²) in [6, 6.07) is 3.49. The second kappa shape index (κ2) is 3.27. The van der Waals surface area contributed by atoms with E-state index in [1.165, 1.54) is 0 Å². The molecule has 0 radical (unpaired) electrons. The smallest absolute Gasteiger partial charge is 0.336 e. The molecule has 0 atom stereocenters. The zero-order valence-corrected chi connectivity index (χ0v) is 8.47. The molecule has 0 aliphatic carbocycles. The molecule has 2 nitrogen and oxygen atoms in total. The van der Waals surface area contributed by atoms with Crippen LogP contribution in [0.25, 0.3) is 0 Å². The first-order valence-corrected chi connectivity index (χ1v) is 4.31. The van der Waals surface area contributed by atoms with E-state index in [9.17, 15) is 4.79 Å². The lowest BCUT2D eigenvalue weighted by atomic mass is 10.1. The van der Waals surface area contributed by atoms with Gasteiger partial charge in [0.15, 0.2) is 0 Å². The lowest BCUT2D eigenvalue weighted by Gasteiger charge is -2.03. The summed E-state index contributed by atoms with van der Waals surface area (Å²) in [5, 5.41) is 8.75. The zero-order valence-electron chi connectivity index (χ0n) is 6.89. The summed E-state index contributed by atoms with van der Waals surface area (Å²) >= 11 is 3.20. The summed E-state index contributed by atoms with van der Waals surface area (Å²) < 4.78 is 0.637. The highest BCUT2D eigenvalue weighted by Gasteiger charge is 2.08. The van der Waals surface area contributed by atoms with Crippen LogP contribution in [0.3, 0.4) is 0 Å². The van der Waals surface area contributed by atoms with Gasteiger partial charge < -0.3 is 5.11 Å². The summed E-state index contributed by atoms with van der Waals surface area (Å²) in [6.07, 6.45) is 0. The van der Waals surface area contributed by atoms with Crippen LogP contribution in [0.2, 0.25) is 0 Å². The molecule has 0 amide bonds. The standard InChI is InChI=1S/C9H9BrO2/c1-5-3-7(9(11)12)8(10)4-6(5)2/h3-4H,1-2H3,(H,11,12). The Balaban J connectivity index is 3.33. The molecule has 0 saturated heterocycles. The van der Waals surface area contributed by atoms with Gasteiger partial charge in [-0.15, -0.1) is 0 Å². The maximum atomic E-state index is 10.7. The lowest BCUT2D eigenvalue weighted by molar-refractivity contribution is 0.0696. The molecule has 1 aromatic rings. The van der Waals surface area contributed by atoms with Gasteiger partial charge in [-0.3, -0.25) is 0 Å². The van der Waals surface area contributed by atoms with Crippen LogP contribution in [-0.4, -0.2) is 11.1 Å². The minimum atomic E-state index is -0.898. The SMILES string of the molecule is Cc1cc(Br)c(C(=O)O)cc1C. The van der Waals surface area contributed by atoms with Crippen LogP contribution >= 0.6 is 15.9 Å². The molecule has 1 rings (SSSR count). The van der Waals surface area contributed by atoms with Crippen molar-refractivity contribution in [2.24, 2.45) is 0 Å². The first kappa shape index (κ1) is 9.26. The maximum Gasteiger partial charge on any atom is 0.336 e. The Kier molecular flexibility index (Phi) is 2.52. The summed E-state index contributed by atoms with van der Waals surface area (Å²) in [5.74, 6) is -0.898. The first-order valence-electron chi connectivity index (χ1n) is 3.52. The Morgan fingerprint density at radius 2 is 1.83 bits per heavy atom. The number of carboxylic acid groups (broad SMARTS) is 1. The largest absolute Gasteiger partial charge is 0.478 e. The fraction of sp³-hybridized carbons (Fsp3) is 0.222. The van der Waals surface area contributed by atoms with E-state index in [2.05, 4.69) is 15.9 Å². The van der Waals surface area contributed by atoms with Gasteiger partial charge in [-0.05, 0) is 53.0 Å². The molecule has 0 aliphatic rings. The van der Waals surface area contributed by atoms with Gasteiger partial charge in [-0.25, -0.2) is 4.79 Å². The van der Waals surface area contributed by atoms with Crippen LogP contribution in [0, 0.1) is 13.8 Å². The monoisotopic (exact) mass is 228 g/mol. The number of carbonyl (C=O) groups is 1. The minimum absolute atomic E-state index is 0.318. The molecule has 0 heterocycles. The van der Waals surface area contributed by atoms with E-state index in [4.69, 9.17) is 5.11 Å². The van der Waals surface area contributed by atoms with E-state index in [-0.39, 0.29) is 0 Å². The first-order chi connectivity index (χ1) is 5.52. The molecule has 12 heavy (non-hydrogen) atoms. The van der Waals surface area contributed by atoms with E-state index in [1.807, 2.05) is 19.9 Å². The van der Waals surface area contributed by atoms with E-state index in [1.54, 1.807) is 6.07 Å². The van der Waals surface area contributed by atoms with Crippen molar-refractivity contribution in [3.63, 3.8) is 0 Å². The summed E-state index contributed by atoms with van der Waals surface area (Å²) in [4.78, 5) is 10.7. The van der Waals surface area contributed by atoms with Crippen molar-refractivity contribution in [1.82, 2.24) is 0 Å². The number of carboxylic acids is 1. The van der Waals surface area contributed by atoms with Crippen LogP contribution < -0.4 is 0 Å². The van der Waals surface area contributed by atoms with Crippen molar-refractivity contribution in [3.8, 4) is 0 Å². The van der Waals surface area contributed by atoms with Crippen molar-refractivity contribution < 1.29 is 9.90 Å². The molecule has 0 fully saturated rings. The molecule has 0 spiro atoms. The van der Waals surface area contributed by atoms with E-state index in [0.717, 1.165) is 11.1 Å². The van der Waals surface area contributed by atoms with Gasteiger partial charge in [-0.1, -0.05) is 0 Å². The average molecular weight is 229 g/mol. The van der Waals surface area contributed by atoms with Crippen LogP contribution in [0.5, 0.6) is 0 Å². The number of aryl methyl sites for hydroxylation is 2. The van der Waals surface area contributed by atoms with Crippen molar-refractivity contribution in [2.75, 3.05) is 0 Å². The molecule has 1 N–H and O–H groups in total. The number of benzene rings is 1. The van der Waals surface area contributed by atoms with Gasteiger partial charge in [0.25, 0.3) is 0 Å². The lowest BCUT2D eigenvalue weighted by Crippen LogP contribution is -1.99. The van der Waals surface area contributed by atoms with Gasteiger partial charge in [-0.2, -0.15) is 0 Å². The predicted molar refractivity (Wildman–Crippen MR) is 50.6 cm³/mol. The number of aromatic carboxylic acids is 1. The third kappa shape index (κ3) is 1.67. The third-order valence-corrected chi connectivity index (χ3v) is 2.47. The minimum Gasteiger partial charge on any atom is -0.478 e. The average Bonchev–Trinajstić information content (AvgIpc) is 1.96. The number of hydrogen-bond acceptors (Lipinski definition) is 1. The van der Waals surface area contributed by atoms with Gasteiger partial charge >= 0.3 is 5.97 Å². The van der Waals surface area contributed by atoms with Crippen molar-refractivity contribution in [2.45, 2.75) is 13.8 Å². The molecule has 0 aliphatic heterocycles. The van der Waals surface area contributed by atoms with Crippen molar-refractivity contribution in [1.29, 1.82) is 0 Å². The third-order valence-electron chi connectivity index (χ3n) is 1.81. The van der Waals surface area contributed by atoms with Gasteiger partial charge in [0.1, 0.15) is 0 Å². The van der Waals surface area contributed by atoms with Crippen LogP contribution in [0.1, 0.15) is 21.5 Å². The van der Waals surface area contributed by atoms with Gasteiger partial charge in [0.05, 0.1) is 5.56 Å². The Morgan fingerprint density at radius 3 is 2.33 bits per heavy atom. The highest BCUT2D eigenvalue weighted by atomic mass is 79.9. The maximum absolute atomic E-state index is 10.7. The molecule has 0 unspecified atom stereocenters. The van der Waals surface area contributed by atoms with Crippen LogP contribution in [0.15, 0.2) is 16.6 Å². The Morgan fingerprint density at radius 1 is 1.33 bits per heavy atom.